The second-order valence-corrected chi connectivity index (χ2v) is 6.26. The number of unbranched alkanes of at least 4 members (excludes halogenated alkanes) is 4. The number of nitrogens with one attached hydrogen (secondary N) is 1. The molecule has 1 rings (SSSR count). The van der Waals surface area contributed by atoms with Crippen LogP contribution in [0.2, 0.25) is 0 Å². The lowest BCUT2D eigenvalue weighted by Gasteiger charge is -2.35. The Morgan fingerprint density at radius 2 is 1.80 bits per heavy atom. The Labute approximate surface area is 121 Å². The fourth-order valence-electron chi connectivity index (χ4n) is 3.47. The van der Waals surface area contributed by atoms with Crippen LogP contribution in [0.3, 0.4) is 0 Å². The zero-order chi connectivity index (χ0) is 15.0. The molecule has 1 nitrogen and oxygen atoms in total. The summed E-state index contributed by atoms with van der Waals surface area (Å²) in [6.45, 7) is 2.19. The van der Waals surface area contributed by atoms with Crippen molar-refractivity contribution in [2.24, 2.45) is 11.8 Å². The molecule has 1 saturated carbocycles. The molecule has 1 fully saturated rings. The van der Waals surface area contributed by atoms with Crippen molar-refractivity contribution in [2.45, 2.75) is 83.4 Å². The van der Waals surface area contributed by atoms with E-state index in [1.165, 1.54) is 25.7 Å². The van der Waals surface area contributed by atoms with Gasteiger partial charge in [-0.05, 0) is 38.6 Å². The van der Waals surface area contributed by atoms with E-state index in [4.69, 9.17) is 0 Å². The van der Waals surface area contributed by atoms with Crippen LogP contribution < -0.4 is 5.32 Å². The zero-order valence-electron chi connectivity index (χ0n) is 12.9. The molecule has 1 aliphatic carbocycles. The standard InChI is InChI=1S/C16H30F3N/c1-3-4-5-6-7-11-15(20-2)13-9-8-10-14(12-13)16(17,18)19/h13-15,20H,3-12H2,1-2H3. The Morgan fingerprint density at radius 3 is 2.40 bits per heavy atom. The van der Waals surface area contributed by atoms with Crippen molar-refractivity contribution >= 4 is 0 Å². The summed E-state index contributed by atoms with van der Waals surface area (Å²) in [7, 11) is 1.90. The second kappa shape index (κ2) is 8.91. The monoisotopic (exact) mass is 293 g/mol. The van der Waals surface area contributed by atoms with Gasteiger partial charge in [0.15, 0.2) is 0 Å². The highest BCUT2D eigenvalue weighted by Gasteiger charge is 2.43. The van der Waals surface area contributed by atoms with Crippen molar-refractivity contribution in [1.82, 2.24) is 5.32 Å². The predicted molar refractivity (Wildman–Crippen MR) is 77.7 cm³/mol. The highest BCUT2D eigenvalue weighted by atomic mass is 19.4. The maximum atomic E-state index is 12.9. The quantitative estimate of drug-likeness (QED) is 0.598. The summed E-state index contributed by atoms with van der Waals surface area (Å²) in [5.41, 5.74) is 0. The summed E-state index contributed by atoms with van der Waals surface area (Å²) in [6, 6.07) is 0.266. The van der Waals surface area contributed by atoms with Crippen molar-refractivity contribution < 1.29 is 13.2 Å². The predicted octanol–water partition coefficient (Wildman–Crippen LogP) is 5.30. The van der Waals surface area contributed by atoms with E-state index in [1.54, 1.807) is 0 Å². The van der Waals surface area contributed by atoms with Gasteiger partial charge in [0.25, 0.3) is 0 Å². The molecule has 0 bridgehead atoms. The first-order valence-electron chi connectivity index (χ1n) is 8.23. The van der Waals surface area contributed by atoms with Crippen LogP contribution in [-0.4, -0.2) is 19.3 Å². The van der Waals surface area contributed by atoms with E-state index < -0.39 is 12.1 Å². The van der Waals surface area contributed by atoms with E-state index in [0.29, 0.717) is 12.8 Å². The first-order chi connectivity index (χ1) is 9.49. The van der Waals surface area contributed by atoms with Crippen LogP contribution >= 0.6 is 0 Å². The molecule has 0 radical (unpaired) electrons. The lowest BCUT2D eigenvalue weighted by molar-refractivity contribution is -0.186. The SMILES string of the molecule is CCCCCCCC(NC)C1CCCC(C(F)(F)F)C1. The molecule has 120 valence electrons. The van der Waals surface area contributed by atoms with E-state index in [0.717, 1.165) is 25.7 Å². The van der Waals surface area contributed by atoms with Gasteiger partial charge in [0.1, 0.15) is 0 Å². The molecule has 0 aromatic heterocycles. The Hall–Kier alpha value is -0.250. The molecular formula is C16H30F3N. The molecule has 0 saturated heterocycles. The van der Waals surface area contributed by atoms with Gasteiger partial charge in [-0.2, -0.15) is 13.2 Å². The fraction of sp³-hybridized carbons (Fsp3) is 1.00. The number of hydrogen-bond acceptors (Lipinski definition) is 1. The minimum Gasteiger partial charge on any atom is -0.317 e. The number of hydrogen-bond donors (Lipinski definition) is 1. The van der Waals surface area contributed by atoms with Crippen LogP contribution in [-0.2, 0) is 0 Å². The lowest BCUT2D eigenvalue weighted by atomic mass is 9.76. The van der Waals surface area contributed by atoms with E-state index in [-0.39, 0.29) is 12.0 Å². The molecule has 0 amide bonds. The van der Waals surface area contributed by atoms with Crippen molar-refractivity contribution in [2.75, 3.05) is 7.05 Å². The van der Waals surface area contributed by atoms with Gasteiger partial charge in [0.05, 0.1) is 5.92 Å². The third-order valence-corrected chi connectivity index (χ3v) is 4.74. The highest BCUT2D eigenvalue weighted by Crippen LogP contribution is 2.41. The maximum absolute atomic E-state index is 12.9. The van der Waals surface area contributed by atoms with Gasteiger partial charge in [0, 0.05) is 6.04 Å². The minimum atomic E-state index is -4.00. The summed E-state index contributed by atoms with van der Waals surface area (Å²) in [5, 5.41) is 3.27. The lowest BCUT2D eigenvalue weighted by Crippen LogP contribution is -2.39. The van der Waals surface area contributed by atoms with Gasteiger partial charge in [-0.25, -0.2) is 0 Å². The van der Waals surface area contributed by atoms with E-state index in [9.17, 15) is 13.2 Å². The van der Waals surface area contributed by atoms with Crippen LogP contribution in [0.4, 0.5) is 13.2 Å². The fourth-order valence-corrected chi connectivity index (χ4v) is 3.47. The zero-order valence-corrected chi connectivity index (χ0v) is 12.9. The average Bonchev–Trinajstić information content (AvgIpc) is 2.42. The van der Waals surface area contributed by atoms with Gasteiger partial charge >= 0.3 is 6.18 Å². The van der Waals surface area contributed by atoms with Crippen LogP contribution in [0.5, 0.6) is 0 Å². The second-order valence-electron chi connectivity index (χ2n) is 6.26. The van der Waals surface area contributed by atoms with Gasteiger partial charge in [-0.15, -0.1) is 0 Å². The summed E-state index contributed by atoms with van der Waals surface area (Å²) < 4.78 is 38.6. The maximum Gasteiger partial charge on any atom is 0.391 e. The van der Waals surface area contributed by atoms with Crippen LogP contribution in [0.1, 0.15) is 71.1 Å². The Morgan fingerprint density at radius 1 is 1.10 bits per heavy atom. The van der Waals surface area contributed by atoms with Gasteiger partial charge in [0.2, 0.25) is 0 Å². The van der Waals surface area contributed by atoms with Gasteiger partial charge in [-0.1, -0.05) is 45.4 Å². The molecule has 3 atom stereocenters. The van der Waals surface area contributed by atoms with Crippen LogP contribution in [0.25, 0.3) is 0 Å². The van der Waals surface area contributed by atoms with Gasteiger partial charge < -0.3 is 5.32 Å². The molecule has 3 unspecified atom stereocenters. The van der Waals surface area contributed by atoms with Gasteiger partial charge in [-0.3, -0.25) is 0 Å². The number of alkyl halides is 3. The molecule has 4 heteroatoms. The number of rotatable bonds is 8. The molecule has 0 aromatic rings. The summed E-state index contributed by atoms with van der Waals surface area (Å²) in [5.74, 6) is -0.872. The molecule has 0 heterocycles. The Bertz CT molecular complexity index is 253. The topological polar surface area (TPSA) is 12.0 Å². The normalized spacial score (nSPS) is 25.6. The molecule has 0 aliphatic heterocycles. The molecular weight excluding hydrogens is 263 g/mol. The summed E-state index contributed by atoms with van der Waals surface area (Å²) in [4.78, 5) is 0. The highest BCUT2D eigenvalue weighted by molar-refractivity contribution is 4.84. The molecule has 0 aromatic carbocycles. The largest absolute Gasteiger partial charge is 0.391 e. The first kappa shape index (κ1) is 17.8. The third kappa shape index (κ3) is 6.02. The van der Waals surface area contributed by atoms with Crippen molar-refractivity contribution in [3.63, 3.8) is 0 Å². The molecule has 20 heavy (non-hydrogen) atoms. The van der Waals surface area contributed by atoms with Crippen LogP contribution in [0.15, 0.2) is 0 Å². The van der Waals surface area contributed by atoms with Crippen molar-refractivity contribution in [3.05, 3.63) is 0 Å². The van der Waals surface area contributed by atoms with Crippen molar-refractivity contribution in [3.8, 4) is 0 Å². The average molecular weight is 293 g/mol. The van der Waals surface area contributed by atoms with E-state index in [2.05, 4.69) is 12.2 Å². The van der Waals surface area contributed by atoms with E-state index >= 15 is 0 Å². The smallest absolute Gasteiger partial charge is 0.317 e. The third-order valence-electron chi connectivity index (χ3n) is 4.74. The minimum absolute atomic E-state index is 0.201. The van der Waals surface area contributed by atoms with Crippen LogP contribution in [0, 0.1) is 11.8 Å². The molecule has 0 spiro atoms. The summed E-state index contributed by atoms with van der Waals surface area (Å²) in [6.07, 6.45) is 5.44. The van der Waals surface area contributed by atoms with Crippen molar-refractivity contribution in [1.29, 1.82) is 0 Å². The molecule has 1 aliphatic rings. The Balaban J connectivity index is 2.36. The summed E-state index contributed by atoms with van der Waals surface area (Å²) >= 11 is 0. The molecule has 1 N–H and O–H groups in total. The number of halogens is 3. The van der Waals surface area contributed by atoms with E-state index in [1.807, 2.05) is 7.05 Å². The first-order valence-corrected chi connectivity index (χ1v) is 8.23. The Kier molecular flexibility index (Phi) is 7.93.